The van der Waals surface area contributed by atoms with Crippen molar-refractivity contribution in [2.24, 2.45) is 5.73 Å². The first-order valence-corrected chi connectivity index (χ1v) is 7.69. The summed E-state index contributed by atoms with van der Waals surface area (Å²) in [5.41, 5.74) is 7.34. The highest BCUT2D eigenvalue weighted by Crippen LogP contribution is 2.19. The third-order valence-electron chi connectivity index (χ3n) is 3.68. The van der Waals surface area contributed by atoms with E-state index in [0.29, 0.717) is 6.54 Å². The zero-order valence-electron chi connectivity index (χ0n) is 13.0. The van der Waals surface area contributed by atoms with Crippen LogP contribution in [0.25, 0.3) is 11.0 Å². The third-order valence-corrected chi connectivity index (χ3v) is 3.68. The number of fused-ring (bicyclic) bond motifs is 1. The van der Waals surface area contributed by atoms with Gasteiger partial charge in [0.1, 0.15) is 11.6 Å². The number of hydrogen-bond donors (Lipinski definition) is 1. The lowest BCUT2D eigenvalue weighted by atomic mass is 10.3. The Balaban J connectivity index is 2.27. The Bertz CT molecular complexity index is 579. The maximum Gasteiger partial charge on any atom is 0.125 e. The molecule has 0 aliphatic rings. The largest absolute Gasteiger partial charge is 0.330 e. The molecule has 21 heavy (non-hydrogen) atoms. The minimum Gasteiger partial charge on any atom is -0.330 e. The molecule has 0 amide bonds. The standard InChI is InChI=1S/C16H25FN4/c1-3-4-9-20(2)12-16-19-14-11-13(17)6-7-15(14)21(16)10-5-8-18/h6-7,11H,3-5,8-10,12,18H2,1-2H3. The van der Waals surface area contributed by atoms with Gasteiger partial charge < -0.3 is 10.3 Å². The summed E-state index contributed by atoms with van der Waals surface area (Å²) in [4.78, 5) is 6.88. The smallest absolute Gasteiger partial charge is 0.125 e. The van der Waals surface area contributed by atoms with Gasteiger partial charge in [0, 0.05) is 12.6 Å². The van der Waals surface area contributed by atoms with Crippen LogP contribution in [0.4, 0.5) is 4.39 Å². The van der Waals surface area contributed by atoms with Crippen LogP contribution >= 0.6 is 0 Å². The van der Waals surface area contributed by atoms with Crippen LogP contribution in [0.2, 0.25) is 0 Å². The van der Waals surface area contributed by atoms with E-state index < -0.39 is 0 Å². The molecule has 0 aliphatic heterocycles. The van der Waals surface area contributed by atoms with Crippen molar-refractivity contribution in [1.29, 1.82) is 0 Å². The number of hydrogen-bond acceptors (Lipinski definition) is 3. The highest BCUT2D eigenvalue weighted by atomic mass is 19.1. The van der Waals surface area contributed by atoms with Gasteiger partial charge in [0.2, 0.25) is 0 Å². The molecular weight excluding hydrogens is 267 g/mol. The van der Waals surface area contributed by atoms with E-state index >= 15 is 0 Å². The van der Waals surface area contributed by atoms with Crippen LogP contribution < -0.4 is 5.73 Å². The van der Waals surface area contributed by atoms with Crippen LogP contribution in [0.3, 0.4) is 0 Å². The van der Waals surface area contributed by atoms with Crippen molar-refractivity contribution < 1.29 is 4.39 Å². The minimum absolute atomic E-state index is 0.239. The molecule has 1 heterocycles. The molecule has 0 spiro atoms. The lowest BCUT2D eigenvalue weighted by molar-refractivity contribution is 0.307. The fourth-order valence-corrected chi connectivity index (χ4v) is 2.52. The number of halogens is 1. The first kappa shape index (κ1) is 15.9. The molecule has 0 bridgehead atoms. The molecule has 2 N–H and O–H groups in total. The molecule has 0 aliphatic carbocycles. The molecule has 0 radical (unpaired) electrons. The van der Waals surface area contributed by atoms with Gasteiger partial charge in [-0.1, -0.05) is 13.3 Å². The van der Waals surface area contributed by atoms with Crippen LogP contribution in [0.1, 0.15) is 32.0 Å². The summed E-state index contributed by atoms with van der Waals surface area (Å²) >= 11 is 0. The number of aromatic nitrogens is 2. The molecule has 2 aromatic rings. The van der Waals surface area contributed by atoms with Gasteiger partial charge in [-0.3, -0.25) is 4.90 Å². The Labute approximate surface area is 125 Å². The lowest BCUT2D eigenvalue weighted by Crippen LogP contribution is -2.22. The predicted octanol–water partition coefficient (Wildman–Crippen LogP) is 2.76. The maximum atomic E-state index is 13.4. The first-order chi connectivity index (χ1) is 10.2. The van der Waals surface area contributed by atoms with Gasteiger partial charge >= 0.3 is 0 Å². The topological polar surface area (TPSA) is 47.1 Å². The number of rotatable bonds is 8. The van der Waals surface area contributed by atoms with Crippen molar-refractivity contribution >= 4 is 11.0 Å². The van der Waals surface area contributed by atoms with Gasteiger partial charge in [-0.05, 0) is 45.1 Å². The summed E-state index contributed by atoms with van der Waals surface area (Å²) in [6, 6.07) is 4.81. The fourth-order valence-electron chi connectivity index (χ4n) is 2.52. The van der Waals surface area contributed by atoms with Crippen molar-refractivity contribution in [1.82, 2.24) is 14.5 Å². The van der Waals surface area contributed by atoms with Crippen molar-refractivity contribution in [3.8, 4) is 0 Å². The van der Waals surface area contributed by atoms with E-state index in [4.69, 9.17) is 5.73 Å². The van der Waals surface area contributed by atoms with Gasteiger partial charge in [-0.25, -0.2) is 9.37 Å². The Morgan fingerprint density at radius 2 is 2.14 bits per heavy atom. The molecule has 0 saturated carbocycles. The van der Waals surface area contributed by atoms with Crippen molar-refractivity contribution in [3.63, 3.8) is 0 Å². The summed E-state index contributed by atoms with van der Waals surface area (Å²) in [6.07, 6.45) is 3.25. The Morgan fingerprint density at radius 3 is 2.86 bits per heavy atom. The second kappa shape index (κ2) is 7.52. The highest BCUT2D eigenvalue weighted by Gasteiger charge is 2.12. The fraction of sp³-hybridized carbons (Fsp3) is 0.562. The number of nitrogens with two attached hydrogens (primary N) is 1. The molecule has 116 valence electrons. The Kier molecular flexibility index (Phi) is 5.70. The number of unbranched alkanes of at least 4 members (excludes halogenated alkanes) is 1. The number of imidazole rings is 1. The van der Waals surface area contributed by atoms with E-state index in [2.05, 4.69) is 28.4 Å². The zero-order chi connectivity index (χ0) is 15.2. The monoisotopic (exact) mass is 292 g/mol. The molecule has 2 rings (SSSR count). The van der Waals surface area contributed by atoms with E-state index in [0.717, 1.165) is 42.9 Å². The van der Waals surface area contributed by atoms with Crippen molar-refractivity contribution in [2.75, 3.05) is 20.1 Å². The minimum atomic E-state index is -0.239. The van der Waals surface area contributed by atoms with Crippen LogP contribution in [0.15, 0.2) is 18.2 Å². The molecule has 1 aromatic heterocycles. The predicted molar refractivity (Wildman–Crippen MR) is 84.6 cm³/mol. The molecule has 0 atom stereocenters. The first-order valence-electron chi connectivity index (χ1n) is 7.69. The van der Waals surface area contributed by atoms with Crippen LogP contribution in [-0.4, -0.2) is 34.6 Å². The van der Waals surface area contributed by atoms with Gasteiger partial charge in [-0.2, -0.15) is 0 Å². The van der Waals surface area contributed by atoms with Gasteiger partial charge in [-0.15, -0.1) is 0 Å². The maximum absolute atomic E-state index is 13.4. The summed E-state index contributed by atoms with van der Waals surface area (Å²) in [6.45, 7) is 5.49. The van der Waals surface area contributed by atoms with E-state index in [-0.39, 0.29) is 5.82 Å². The van der Waals surface area contributed by atoms with E-state index in [1.54, 1.807) is 0 Å². The molecule has 4 nitrogen and oxygen atoms in total. The zero-order valence-corrected chi connectivity index (χ0v) is 13.0. The van der Waals surface area contributed by atoms with Crippen LogP contribution in [0.5, 0.6) is 0 Å². The second-order valence-electron chi connectivity index (χ2n) is 5.55. The summed E-state index contributed by atoms with van der Waals surface area (Å²) in [5, 5.41) is 0. The highest BCUT2D eigenvalue weighted by molar-refractivity contribution is 5.76. The average molecular weight is 292 g/mol. The normalized spacial score (nSPS) is 11.7. The number of benzene rings is 1. The van der Waals surface area contributed by atoms with Gasteiger partial charge in [0.05, 0.1) is 17.6 Å². The van der Waals surface area contributed by atoms with Crippen LogP contribution in [-0.2, 0) is 13.1 Å². The Morgan fingerprint density at radius 1 is 1.33 bits per heavy atom. The second-order valence-corrected chi connectivity index (χ2v) is 5.55. The SMILES string of the molecule is CCCCN(C)Cc1nc2cc(F)ccc2n1CCCN. The van der Waals surface area contributed by atoms with Gasteiger partial charge in [0.25, 0.3) is 0 Å². The van der Waals surface area contributed by atoms with E-state index in [1.807, 2.05) is 6.07 Å². The lowest BCUT2D eigenvalue weighted by Gasteiger charge is -2.17. The van der Waals surface area contributed by atoms with E-state index in [1.165, 1.54) is 25.0 Å². The molecule has 0 fully saturated rings. The summed E-state index contributed by atoms with van der Waals surface area (Å²) < 4.78 is 15.5. The average Bonchev–Trinajstić information content (AvgIpc) is 2.79. The van der Waals surface area contributed by atoms with Crippen LogP contribution in [0, 0.1) is 5.82 Å². The quantitative estimate of drug-likeness (QED) is 0.814. The summed E-state index contributed by atoms with van der Waals surface area (Å²) in [5.74, 6) is 0.750. The molecule has 5 heteroatoms. The molecule has 0 unspecified atom stereocenters. The molecular formula is C16H25FN4. The van der Waals surface area contributed by atoms with Gasteiger partial charge in [0.15, 0.2) is 0 Å². The Hall–Kier alpha value is -1.46. The van der Waals surface area contributed by atoms with Crippen molar-refractivity contribution in [2.45, 2.75) is 39.3 Å². The third kappa shape index (κ3) is 4.02. The molecule has 1 aromatic carbocycles. The number of aryl methyl sites for hydroxylation is 1. The summed E-state index contributed by atoms with van der Waals surface area (Å²) in [7, 11) is 2.10. The van der Waals surface area contributed by atoms with E-state index in [9.17, 15) is 4.39 Å². The molecule has 0 saturated heterocycles. The van der Waals surface area contributed by atoms with Crippen molar-refractivity contribution in [3.05, 3.63) is 29.8 Å². The number of nitrogens with zero attached hydrogens (tertiary/aromatic N) is 3.